The minimum atomic E-state index is -0.501. The maximum atomic E-state index is 12.5. The molecule has 5 heteroatoms. The first-order valence-corrected chi connectivity index (χ1v) is 10.1. The van der Waals surface area contributed by atoms with E-state index in [1.807, 2.05) is 24.3 Å². The number of carbonyl (C=O) groups is 2. The molecule has 0 fully saturated rings. The van der Waals surface area contributed by atoms with Gasteiger partial charge in [0.1, 0.15) is 0 Å². The quantitative estimate of drug-likeness (QED) is 0.571. The van der Waals surface area contributed by atoms with Crippen LogP contribution in [0.2, 0.25) is 0 Å². The first kappa shape index (κ1) is 18.4. The van der Waals surface area contributed by atoms with Crippen molar-refractivity contribution in [2.24, 2.45) is 0 Å². The monoisotopic (exact) mass is 416 g/mol. The molecule has 26 heavy (non-hydrogen) atoms. The van der Waals surface area contributed by atoms with E-state index in [1.165, 1.54) is 30.9 Å². The van der Waals surface area contributed by atoms with Gasteiger partial charge < -0.3 is 0 Å². The summed E-state index contributed by atoms with van der Waals surface area (Å²) in [6.07, 6.45) is 0. The third kappa shape index (κ3) is 3.20. The van der Waals surface area contributed by atoms with E-state index in [0.29, 0.717) is 10.0 Å². The van der Waals surface area contributed by atoms with Gasteiger partial charge in [-0.1, -0.05) is 0 Å². The van der Waals surface area contributed by atoms with Crippen molar-refractivity contribution in [2.75, 3.05) is 14.2 Å². The summed E-state index contributed by atoms with van der Waals surface area (Å²) in [7, 11) is 2.67. The van der Waals surface area contributed by atoms with Gasteiger partial charge in [-0.15, -0.1) is 0 Å². The van der Waals surface area contributed by atoms with Crippen molar-refractivity contribution in [2.45, 2.75) is 18.7 Å². The summed E-state index contributed by atoms with van der Waals surface area (Å²) >= 11 is -0.301. The van der Waals surface area contributed by atoms with Crippen LogP contribution in [0.3, 0.4) is 0 Å². The fourth-order valence-electron chi connectivity index (χ4n) is 3.21. The average molecular weight is 415 g/mol. The summed E-state index contributed by atoms with van der Waals surface area (Å²) in [6.45, 7) is 4.14. The molecule has 0 bridgehead atoms. The standard InChI is InChI=1S/C21H20O4Se/c1-12-9-10-14(13(2)11-12)18-16-8-6-5-7-15(16)17(20(22)24-3)19(26-18)21(23)25-4/h5-11,18H,1-4H3. The normalized spacial score (nSPS) is 16.1. The molecule has 0 aromatic heterocycles. The zero-order valence-corrected chi connectivity index (χ0v) is 16.9. The molecule has 1 atom stereocenters. The fourth-order valence-corrected chi connectivity index (χ4v) is 6.26. The Morgan fingerprint density at radius 1 is 0.923 bits per heavy atom. The number of benzene rings is 2. The van der Waals surface area contributed by atoms with Crippen molar-refractivity contribution in [1.29, 1.82) is 0 Å². The van der Waals surface area contributed by atoms with Crippen LogP contribution in [-0.2, 0) is 19.1 Å². The summed E-state index contributed by atoms with van der Waals surface area (Å²) in [5.74, 6) is -0.964. The Labute approximate surface area is 159 Å². The fraction of sp³-hybridized carbons (Fsp3) is 0.238. The molecule has 0 radical (unpaired) electrons. The Bertz CT molecular complexity index is 914. The zero-order chi connectivity index (χ0) is 18.8. The van der Waals surface area contributed by atoms with Crippen molar-refractivity contribution < 1.29 is 19.1 Å². The molecule has 3 rings (SSSR count). The summed E-state index contributed by atoms with van der Waals surface area (Å²) in [6, 6.07) is 14.1. The van der Waals surface area contributed by atoms with Crippen molar-refractivity contribution in [3.8, 4) is 0 Å². The SMILES string of the molecule is COC(=O)C1=C(C(=O)OC)c2ccccc2C(c2ccc(C)cc2C)[Se]1. The number of carbonyl (C=O) groups excluding carboxylic acids is 2. The Morgan fingerprint density at radius 2 is 1.62 bits per heavy atom. The Morgan fingerprint density at radius 3 is 2.27 bits per heavy atom. The Hall–Kier alpha value is -2.36. The molecule has 1 aliphatic heterocycles. The van der Waals surface area contributed by atoms with Gasteiger partial charge in [0.15, 0.2) is 0 Å². The van der Waals surface area contributed by atoms with Crippen molar-refractivity contribution in [1.82, 2.24) is 0 Å². The topological polar surface area (TPSA) is 52.6 Å². The van der Waals surface area contributed by atoms with Gasteiger partial charge in [-0.05, 0) is 0 Å². The van der Waals surface area contributed by atoms with Crippen LogP contribution in [0.25, 0.3) is 5.57 Å². The number of rotatable bonds is 3. The first-order valence-electron chi connectivity index (χ1n) is 8.22. The van der Waals surface area contributed by atoms with Crippen molar-refractivity contribution >= 4 is 32.5 Å². The second kappa shape index (κ2) is 7.48. The van der Waals surface area contributed by atoms with Gasteiger partial charge in [0.2, 0.25) is 0 Å². The van der Waals surface area contributed by atoms with E-state index in [1.54, 1.807) is 0 Å². The van der Waals surface area contributed by atoms with E-state index < -0.39 is 11.9 Å². The van der Waals surface area contributed by atoms with Crippen LogP contribution in [0.4, 0.5) is 0 Å². The minimum absolute atomic E-state index is 0.0433. The molecule has 2 aromatic rings. The molecule has 0 N–H and O–H groups in total. The number of esters is 2. The van der Waals surface area contributed by atoms with E-state index in [-0.39, 0.29) is 19.8 Å². The number of hydrogen-bond acceptors (Lipinski definition) is 4. The van der Waals surface area contributed by atoms with Crippen LogP contribution < -0.4 is 0 Å². The molecule has 0 saturated carbocycles. The summed E-state index contributed by atoms with van der Waals surface area (Å²) in [5, 5.41) is 0. The van der Waals surface area contributed by atoms with Gasteiger partial charge in [0, 0.05) is 0 Å². The third-order valence-electron chi connectivity index (χ3n) is 4.44. The summed E-state index contributed by atoms with van der Waals surface area (Å²) in [5.41, 5.74) is 5.67. The van der Waals surface area contributed by atoms with Crippen LogP contribution in [0.15, 0.2) is 46.9 Å². The third-order valence-corrected chi connectivity index (χ3v) is 7.28. The van der Waals surface area contributed by atoms with Gasteiger partial charge in [-0.25, -0.2) is 0 Å². The number of ether oxygens (including phenoxy) is 2. The van der Waals surface area contributed by atoms with E-state index in [0.717, 1.165) is 11.1 Å². The van der Waals surface area contributed by atoms with Crippen LogP contribution in [0, 0.1) is 13.8 Å². The molecule has 0 spiro atoms. The molecular formula is C21H20O4Se. The van der Waals surface area contributed by atoms with Gasteiger partial charge in [-0.3, -0.25) is 0 Å². The molecular weight excluding hydrogens is 395 g/mol. The average Bonchev–Trinajstić information content (AvgIpc) is 2.65. The molecule has 0 aliphatic carbocycles. The van der Waals surface area contributed by atoms with Crippen LogP contribution in [-0.4, -0.2) is 41.1 Å². The molecule has 4 nitrogen and oxygen atoms in total. The molecule has 1 aliphatic rings. The number of hydrogen-bond donors (Lipinski definition) is 0. The second-order valence-electron chi connectivity index (χ2n) is 6.13. The molecule has 2 aromatic carbocycles. The Balaban J connectivity index is 2.25. The van der Waals surface area contributed by atoms with E-state index in [4.69, 9.17) is 9.47 Å². The van der Waals surface area contributed by atoms with E-state index in [9.17, 15) is 9.59 Å². The number of methoxy groups -OCH3 is 2. The number of aryl methyl sites for hydroxylation is 2. The van der Waals surface area contributed by atoms with Crippen molar-refractivity contribution in [3.05, 3.63) is 74.8 Å². The number of fused-ring (bicyclic) bond motifs is 1. The predicted octanol–water partition coefficient (Wildman–Crippen LogP) is 3.17. The van der Waals surface area contributed by atoms with Crippen LogP contribution >= 0.6 is 0 Å². The van der Waals surface area contributed by atoms with Gasteiger partial charge in [0.05, 0.1) is 0 Å². The summed E-state index contributed by atoms with van der Waals surface area (Å²) in [4.78, 5) is 24.9. The van der Waals surface area contributed by atoms with Gasteiger partial charge in [0.25, 0.3) is 0 Å². The van der Waals surface area contributed by atoms with E-state index >= 15 is 0 Å². The van der Waals surface area contributed by atoms with E-state index in [2.05, 4.69) is 32.0 Å². The van der Waals surface area contributed by atoms with Crippen molar-refractivity contribution in [3.63, 3.8) is 0 Å². The predicted molar refractivity (Wildman–Crippen MR) is 101 cm³/mol. The van der Waals surface area contributed by atoms with Gasteiger partial charge in [-0.2, -0.15) is 0 Å². The second-order valence-corrected chi connectivity index (χ2v) is 8.47. The molecule has 0 amide bonds. The first-order chi connectivity index (χ1) is 12.5. The van der Waals surface area contributed by atoms with Gasteiger partial charge >= 0.3 is 159 Å². The molecule has 1 heterocycles. The zero-order valence-electron chi connectivity index (χ0n) is 15.2. The molecule has 1 unspecified atom stereocenters. The molecule has 134 valence electrons. The maximum absolute atomic E-state index is 12.5. The van der Waals surface area contributed by atoms with Crippen LogP contribution in [0.1, 0.15) is 32.6 Å². The Kier molecular flexibility index (Phi) is 5.30. The summed E-state index contributed by atoms with van der Waals surface area (Å²) < 4.78 is 10.4. The molecule has 0 saturated heterocycles. The van der Waals surface area contributed by atoms with Crippen LogP contribution in [0.5, 0.6) is 0 Å².